The molecule has 0 atom stereocenters. The Morgan fingerprint density at radius 3 is 2.55 bits per heavy atom. The molecule has 0 unspecified atom stereocenters. The summed E-state index contributed by atoms with van der Waals surface area (Å²) in [5, 5.41) is 2.93. The van der Waals surface area contributed by atoms with Crippen LogP contribution in [0.2, 0.25) is 0 Å². The minimum absolute atomic E-state index is 0.0103. The zero-order valence-corrected chi connectivity index (χ0v) is 19.4. The lowest BCUT2D eigenvalue weighted by Gasteiger charge is -2.22. The van der Waals surface area contributed by atoms with E-state index in [1.54, 1.807) is 12.1 Å². The second-order valence-electron chi connectivity index (χ2n) is 8.21. The van der Waals surface area contributed by atoms with Gasteiger partial charge >= 0.3 is 0 Å². The predicted octanol–water partition coefficient (Wildman–Crippen LogP) is 3.86. The van der Waals surface area contributed by atoms with Crippen molar-refractivity contribution in [2.45, 2.75) is 39.5 Å². The van der Waals surface area contributed by atoms with Crippen LogP contribution in [0.25, 0.3) is 6.08 Å². The number of fused-ring (bicyclic) bond motifs is 1. The first-order valence-corrected chi connectivity index (χ1v) is 11.5. The molecule has 3 rings (SSSR count). The van der Waals surface area contributed by atoms with E-state index < -0.39 is 0 Å². The van der Waals surface area contributed by atoms with Gasteiger partial charge in [0.25, 0.3) is 5.91 Å². The summed E-state index contributed by atoms with van der Waals surface area (Å²) in [7, 11) is 0. The minimum atomic E-state index is -0.238. The maximum absolute atomic E-state index is 13.1. The van der Waals surface area contributed by atoms with Crippen LogP contribution in [0.4, 0.5) is 11.4 Å². The van der Waals surface area contributed by atoms with Gasteiger partial charge in [-0.05, 0) is 61.7 Å². The molecule has 0 spiro atoms. The first-order valence-electron chi connectivity index (χ1n) is 11.5. The van der Waals surface area contributed by atoms with Crippen molar-refractivity contribution in [3.63, 3.8) is 0 Å². The summed E-state index contributed by atoms with van der Waals surface area (Å²) in [5.74, 6) is 0.107. The van der Waals surface area contributed by atoms with E-state index in [9.17, 15) is 9.59 Å². The number of hydrogen-bond donors (Lipinski definition) is 3. The molecule has 5 N–H and O–H groups in total. The van der Waals surface area contributed by atoms with Gasteiger partial charge in [-0.3, -0.25) is 9.59 Å². The highest BCUT2D eigenvalue weighted by atomic mass is 16.2. The molecule has 1 heterocycles. The summed E-state index contributed by atoms with van der Waals surface area (Å²) in [4.78, 5) is 32.3. The number of nitrogens with zero attached hydrogens (tertiary/aromatic N) is 2. The molecule has 0 fully saturated rings. The summed E-state index contributed by atoms with van der Waals surface area (Å²) in [6, 6.07) is 12.9. The molecular weight excluding hydrogens is 414 g/mol. The average molecular weight is 448 g/mol. The molecule has 7 heteroatoms. The van der Waals surface area contributed by atoms with Crippen LogP contribution in [0.3, 0.4) is 0 Å². The maximum atomic E-state index is 13.1. The number of anilines is 1. The highest BCUT2D eigenvalue weighted by molar-refractivity contribution is 6.07. The quantitative estimate of drug-likeness (QED) is 0.541. The van der Waals surface area contributed by atoms with E-state index in [0.29, 0.717) is 48.0 Å². The van der Waals surface area contributed by atoms with E-state index in [2.05, 4.69) is 24.2 Å². The van der Waals surface area contributed by atoms with Gasteiger partial charge in [0, 0.05) is 41.9 Å². The van der Waals surface area contributed by atoms with Crippen molar-refractivity contribution in [3.05, 3.63) is 64.7 Å². The molecule has 0 radical (unpaired) electrons. The van der Waals surface area contributed by atoms with Crippen LogP contribution < -0.4 is 16.8 Å². The van der Waals surface area contributed by atoms with Crippen molar-refractivity contribution in [2.24, 2.45) is 16.5 Å². The average Bonchev–Trinajstić information content (AvgIpc) is 2.96. The third kappa shape index (κ3) is 6.29. The fourth-order valence-corrected chi connectivity index (χ4v) is 3.90. The molecule has 0 aliphatic carbocycles. The Balaban J connectivity index is 1.84. The number of hydrogen-bond acceptors (Lipinski definition) is 5. The second kappa shape index (κ2) is 11.4. The standard InChI is InChI=1S/C26H33N5O2/c1-3-12-31(13-4-2)26(33)21-15-19-8-9-20(16-23(19)30-24(28)17-21)25(32)29-22-7-5-6-18(14-22)10-11-27/h5-9,14-16H,3-4,10-13,17,27H2,1-2H3,(H2,28,30)(H,29,32). The Hall–Kier alpha value is -3.45. The van der Waals surface area contributed by atoms with Crippen molar-refractivity contribution in [2.75, 3.05) is 25.0 Å². The van der Waals surface area contributed by atoms with Crippen molar-refractivity contribution in [1.82, 2.24) is 4.90 Å². The molecule has 2 aromatic carbocycles. The third-order valence-corrected chi connectivity index (χ3v) is 5.42. The first-order chi connectivity index (χ1) is 15.9. The summed E-state index contributed by atoms with van der Waals surface area (Å²) >= 11 is 0. The van der Waals surface area contributed by atoms with Gasteiger partial charge in [0.2, 0.25) is 5.91 Å². The van der Waals surface area contributed by atoms with Gasteiger partial charge in [0.15, 0.2) is 0 Å². The van der Waals surface area contributed by atoms with Crippen LogP contribution in [0.1, 0.15) is 54.6 Å². The SMILES string of the molecule is CCCN(CCC)C(=O)C1=Cc2ccc(C(=O)Nc3cccc(CCN)c3)cc2N=C(N)C1. The van der Waals surface area contributed by atoms with Crippen LogP contribution in [-0.4, -0.2) is 42.2 Å². The summed E-state index contributed by atoms with van der Waals surface area (Å²) in [5.41, 5.74) is 16.0. The molecule has 2 amide bonds. The maximum Gasteiger partial charge on any atom is 0.255 e. The zero-order chi connectivity index (χ0) is 23.8. The lowest BCUT2D eigenvalue weighted by atomic mass is 10.0. The lowest BCUT2D eigenvalue weighted by Crippen LogP contribution is -2.34. The van der Waals surface area contributed by atoms with Crippen molar-refractivity contribution >= 4 is 35.1 Å². The van der Waals surface area contributed by atoms with Crippen LogP contribution in [0.15, 0.2) is 53.0 Å². The summed E-state index contributed by atoms with van der Waals surface area (Å²) < 4.78 is 0. The molecule has 7 nitrogen and oxygen atoms in total. The number of aliphatic imine (C=N–C) groups is 1. The molecule has 174 valence electrons. The molecule has 33 heavy (non-hydrogen) atoms. The van der Waals surface area contributed by atoms with Crippen LogP contribution in [0.5, 0.6) is 0 Å². The summed E-state index contributed by atoms with van der Waals surface area (Å²) in [6.07, 6.45) is 4.67. The van der Waals surface area contributed by atoms with Crippen molar-refractivity contribution < 1.29 is 9.59 Å². The van der Waals surface area contributed by atoms with E-state index in [1.807, 2.05) is 41.3 Å². The van der Waals surface area contributed by atoms with Gasteiger partial charge in [0.1, 0.15) is 5.84 Å². The Kier molecular flexibility index (Phi) is 8.38. The number of rotatable bonds is 9. The Morgan fingerprint density at radius 1 is 1.09 bits per heavy atom. The molecule has 0 saturated carbocycles. The van der Waals surface area contributed by atoms with Crippen LogP contribution in [-0.2, 0) is 11.2 Å². The fourth-order valence-electron chi connectivity index (χ4n) is 3.90. The molecule has 0 bridgehead atoms. The lowest BCUT2D eigenvalue weighted by molar-refractivity contribution is -0.127. The minimum Gasteiger partial charge on any atom is -0.387 e. The Morgan fingerprint density at radius 2 is 1.85 bits per heavy atom. The molecule has 0 aromatic heterocycles. The van der Waals surface area contributed by atoms with Crippen molar-refractivity contribution in [1.29, 1.82) is 0 Å². The number of amidine groups is 1. The Bertz CT molecular complexity index is 1070. The van der Waals surface area contributed by atoms with E-state index >= 15 is 0 Å². The molecule has 0 saturated heterocycles. The van der Waals surface area contributed by atoms with E-state index in [1.165, 1.54) is 0 Å². The van der Waals surface area contributed by atoms with E-state index in [0.717, 1.165) is 30.4 Å². The van der Waals surface area contributed by atoms with E-state index in [-0.39, 0.29) is 18.2 Å². The zero-order valence-electron chi connectivity index (χ0n) is 19.4. The molecule has 1 aliphatic rings. The Labute approximate surface area is 195 Å². The summed E-state index contributed by atoms with van der Waals surface area (Å²) in [6.45, 7) is 6.08. The van der Waals surface area contributed by atoms with E-state index in [4.69, 9.17) is 11.5 Å². The van der Waals surface area contributed by atoms with Gasteiger partial charge in [-0.25, -0.2) is 4.99 Å². The van der Waals surface area contributed by atoms with Gasteiger partial charge in [-0.15, -0.1) is 0 Å². The number of nitrogens with two attached hydrogens (primary N) is 2. The van der Waals surface area contributed by atoms with Crippen LogP contribution in [0, 0.1) is 0 Å². The highest BCUT2D eigenvalue weighted by Gasteiger charge is 2.21. The number of amides is 2. The predicted molar refractivity (Wildman–Crippen MR) is 135 cm³/mol. The number of nitrogens with one attached hydrogen (secondary N) is 1. The van der Waals surface area contributed by atoms with Gasteiger partial charge in [-0.2, -0.15) is 0 Å². The number of benzene rings is 2. The van der Waals surface area contributed by atoms with Gasteiger partial charge < -0.3 is 21.7 Å². The topological polar surface area (TPSA) is 114 Å². The van der Waals surface area contributed by atoms with Gasteiger partial charge in [0.05, 0.1) is 5.69 Å². The third-order valence-electron chi connectivity index (χ3n) is 5.42. The number of carbonyl (C=O) groups is 2. The number of carbonyl (C=O) groups excluding carboxylic acids is 2. The van der Waals surface area contributed by atoms with Crippen LogP contribution >= 0.6 is 0 Å². The monoisotopic (exact) mass is 447 g/mol. The molecule has 1 aliphatic heterocycles. The van der Waals surface area contributed by atoms with Gasteiger partial charge in [-0.1, -0.05) is 32.0 Å². The molecular formula is C26H33N5O2. The first kappa shape index (κ1) is 24.2. The molecule has 2 aromatic rings. The largest absolute Gasteiger partial charge is 0.387 e. The second-order valence-corrected chi connectivity index (χ2v) is 8.21. The van der Waals surface area contributed by atoms with Crippen molar-refractivity contribution in [3.8, 4) is 0 Å². The smallest absolute Gasteiger partial charge is 0.255 e. The fraction of sp³-hybridized carbons (Fsp3) is 0.346. The highest BCUT2D eigenvalue weighted by Crippen LogP contribution is 2.29. The normalized spacial score (nSPS) is 12.8.